The molecule has 2 N–H and O–H groups in total. The van der Waals surface area contributed by atoms with Gasteiger partial charge in [0.2, 0.25) is 10.0 Å². The van der Waals surface area contributed by atoms with Crippen LogP contribution < -0.4 is 9.62 Å². The number of hydrogen-bond acceptors (Lipinski definition) is 5. The van der Waals surface area contributed by atoms with Crippen LogP contribution in [0.3, 0.4) is 0 Å². The molecule has 8 nitrogen and oxygen atoms in total. The van der Waals surface area contributed by atoms with E-state index in [2.05, 4.69) is 10.3 Å². The SMILES string of the molecule is COC(=O)[C@@H](Cc1c[nH]c2ccccc12)NC(=O)c1ccc2c(c1)C[C@@H](C)N2S(C)(=O)=O. The van der Waals surface area contributed by atoms with Crippen LogP contribution in [0.5, 0.6) is 0 Å². The van der Waals surface area contributed by atoms with E-state index in [1.165, 1.54) is 17.7 Å². The molecule has 1 aromatic heterocycles. The second-order valence-electron chi connectivity index (χ2n) is 8.07. The van der Waals surface area contributed by atoms with Crippen molar-refractivity contribution in [3.05, 3.63) is 65.4 Å². The first-order valence-corrected chi connectivity index (χ1v) is 12.1. The molecule has 1 aliphatic rings. The van der Waals surface area contributed by atoms with Crippen LogP contribution in [0.15, 0.2) is 48.7 Å². The van der Waals surface area contributed by atoms with Crippen molar-refractivity contribution >= 4 is 38.5 Å². The second kappa shape index (κ2) is 8.31. The Kier molecular flexibility index (Phi) is 5.68. The zero-order chi connectivity index (χ0) is 23.0. The van der Waals surface area contributed by atoms with Gasteiger partial charge >= 0.3 is 5.97 Å². The van der Waals surface area contributed by atoms with Crippen LogP contribution in [0.2, 0.25) is 0 Å². The average molecular weight is 456 g/mol. The number of benzene rings is 2. The van der Waals surface area contributed by atoms with Crippen LogP contribution in [0, 0.1) is 0 Å². The molecule has 0 fully saturated rings. The van der Waals surface area contributed by atoms with Crippen LogP contribution in [0.1, 0.15) is 28.4 Å². The third-order valence-electron chi connectivity index (χ3n) is 5.74. The summed E-state index contributed by atoms with van der Waals surface area (Å²) >= 11 is 0. The highest BCUT2D eigenvalue weighted by molar-refractivity contribution is 7.92. The van der Waals surface area contributed by atoms with Crippen LogP contribution in [0.25, 0.3) is 10.9 Å². The minimum atomic E-state index is -3.41. The third kappa shape index (κ3) is 4.08. The number of methoxy groups -OCH3 is 1. The van der Waals surface area contributed by atoms with E-state index in [9.17, 15) is 18.0 Å². The lowest BCUT2D eigenvalue weighted by Gasteiger charge is -2.22. The van der Waals surface area contributed by atoms with Gasteiger partial charge in [-0.05, 0) is 48.7 Å². The molecule has 168 valence electrons. The fraction of sp³-hybridized carbons (Fsp3) is 0.304. The summed E-state index contributed by atoms with van der Waals surface area (Å²) in [6.45, 7) is 1.83. The number of aromatic amines is 1. The van der Waals surface area contributed by atoms with E-state index < -0.39 is 27.9 Å². The molecule has 0 unspecified atom stereocenters. The molecule has 4 rings (SSSR count). The molecule has 0 saturated carbocycles. The number of rotatable bonds is 6. The van der Waals surface area contributed by atoms with E-state index in [1.54, 1.807) is 18.2 Å². The maximum absolute atomic E-state index is 13.0. The number of esters is 1. The number of carbonyl (C=O) groups is 2. The molecule has 0 spiro atoms. The quantitative estimate of drug-likeness (QED) is 0.555. The van der Waals surface area contributed by atoms with E-state index in [0.717, 1.165) is 22.0 Å². The van der Waals surface area contributed by atoms with Gasteiger partial charge in [-0.15, -0.1) is 0 Å². The molecule has 0 saturated heterocycles. The van der Waals surface area contributed by atoms with Gasteiger partial charge in [0, 0.05) is 35.1 Å². The first kappa shape index (κ1) is 21.9. The van der Waals surface area contributed by atoms with E-state index in [-0.39, 0.29) is 12.5 Å². The van der Waals surface area contributed by atoms with Gasteiger partial charge in [-0.25, -0.2) is 13.2 Å². The Labute approximate surface area is 186 Å². The highest BCUT2D eigenvalue weighted by Gasteiger charge is 2.33. The van der Waals surface area contributed by atoms with E-state index in [4.69, 9.17) is 4.74 Å². The van der Waals surface area contributed by atoms with Crippen LogP contribution in [-0.2, 0) is 32.4 Å². The Morgan fingerprint density at radius 3 is 2.72 bits per heavy atom. The van der Waals surface area contributed by atoms with Crippen LogP contribution >= 0.6 is 0 Å². The maximum atomic E-state index is 13.0. The molecule has 1 aliphatic heterocycles. The molecule has 32 heavy (non-hydrogen) atoms. The molecule has 0 radical (unpaired) electrons. The van der Waals surface area contributed by atoms with Gasteiger partial charge in [-0.3, -0.25) is 9.10 Å². The number of ether oxygens (including phenoxy) is 1. The summed E-state index contributed by atoms with van der Waals surface area (Å²) in [6.07, 6.45) is 3.78. The van der Waals surface area contributed by atoms with Crippen molar-refractivity contribution in [1.82, 2.24) is 10.3 Å². The third-order valence-corrected chi connectivity index (χ3v) is 7.01. The number of sulfonamides is 1. The number of amides is 1. The number of nitrogens with one attached hydrogen (secondary N) is 2. The molecule has 2 atom stereocenters. The van der Waals surface area contributed by atoms with Gasteiger partial charge in [0.05, 0.1) is 19.1 Å². The predicted octanol–water partition coefficient (Wildman–Crippen LogP) is 2.39. The number of fused-ring (bicyclic) bond motifs is 2. The Morgan fingerprint density at radius 1 is 1.25 bits per heavy atom. The zero-order valence-electron chi connectivity index (χ0n) is 18.1. The highest BCUT2D eigenvalue weighted by Crippen LogP contribution is 2.34. The molecule has 1 amide bonds. The smallest absolute Gasteiger partial charge is 0.328 e. The highest BCUT2D eigenvalue weighted by atomic mass is 32.2. The molecule has 0 bridgehead atoms. The number of carbonyl (C=O) groups excluding carboxylic acids is 2. The maximum Gasteiger partial charge on any atom is 0.328 e. The van der Waals surface area contributed by atoms with E-state index in [0.29, 0.717) is 17.7 Å². The standard InChI is InChI=1S/C23H25N3O5S/c1-14-10-16-11-15(8-9-21(16)26(14)32(3,29)30)22(27)25-20(23(28)31-2)12-17-13-24-19-7-5-4-6-18(17)19/h4-9,11,13-14,20,24H,10,12H2,1-3H3,(H,25,27)/t14-,20-/m1/s1. The van der Waals surface area contributed by atoms with Crippen molar-refractivity contribution < 1.29 is 22.7 Å². The van der Waals surface area contributed by atoms with Crippen molar-refractivity contribution in [2.24, 2.45) is 0 Å². The summed E-state index contributed by atoms with van der Waals surface area (Å²) < 4.78 is 30.5. The summed E-state index contributed by atoms with van der Waals surface area (Å²) in [4.78, 5) is 28.5. The molecule has 9 heteroatoms. The van der Waals surface area contributed by atoms with Gasteiger partial charge < -0.3 is 15.0 Å². The summed E-state index contributed by atoms with van der Waals surface area (Å²) in [5.41, 5.74) is 3.56. The Balaban J connectivity index is 1.57. The molecular formula is C23H25N3O5S. The summed E-state index contributed by atoms with van der Waals surface area (Å²) in [5.74, 6) is -0.963. The predicted molar refractivity (Wildman–Crippen MR) is 122 cm³/mol. The van der Waals surface area contributed by atoms with Gasteiger partial charge in [0.1, 0.15) is 6.04 Å². The first-order chi connectivity index (χ1) is 15.2. The van der Waals surface area contributed by atoms with E-state index >= 15 is 0 Å². The monoisotopic (exact) mass is 455 g/mol. The molecule has 2 aromatic carbocycles. The molecule has 3 aromatic rings. The van der Waals surface area contributed by atoms with Crippen molar-refractivity contribution in [2.75, 3.05) is 17.7 Å². The fourth-order valence-corrected chi connectivity index (χ4v) is 5.61. The van der Waals surface area contributed by atoms with Gasteiger partial charge in [-0.2, -0.15) is 0 Å². The van der Waals surface area contributed by atoms with Crippen molar-refractivity contribution in [2.45, 2.75) is 31.8 Å². The second-order valence-corrected chi connectivity index (χ2v) is 9.93. The van der Waals surface area contributed by atoms with Crippen molar-refractivity contribution in [3.63, 3.8) is 0 Å². The minimum absolute atomic E-state index is 0.219. The van der Waals surface area contributed by atoms with Crippen LogP contribution in [-0.4, -0.2) is 50.7 Å². The molecule has 0 aliphatic carbocycles. The Hall–Kier alpha value is -3.33. The number of hydrogen-bond donors (Lipinski definition) is 2. The lowest BCUT2D eigenvalue weighted by atomic mass is 10.0. The van der Waals surface area contributed by atoms with E-state index in [1.807, 2.05) is 37.4 Å². The largest absolute Gasteiger partial charge is 0.467 e. The fourth-order valence-electron chi connectivity index (χ4n) is 4.35. The Morgan fingerprint density at radius 2 is 2.00 bits per heavy atom. The summed E-state index contributed by atoms with van der Waals surface area (Å²) in [6, 6.07) is 11.5. The lowest BCUT2D eigenvalue weighted by molar-refractivity contribution is -0.142. The number of H-pyrrole nitrogens is 1. The van der Waals surface area contributed by atoms with Gasteiger partial charge in [0.25, 0.3) is 5.91 Å². The first-order valence-electron chi connectivity index (χ1n) is 10.2. The molecular weight excluding hydrogens is 430 g/mol. The summed E-state index contributed by atoms with van der Waals surface area (Å²) in [7, 11) is -2.13. The minimum Gasteiger partial charge on any atom is -0.467 e. The van der Waals surface area contributed by atoms with Crippen molar-refractivity contribution in [1.29, 1.82) is 0 Å². The van der Waals surface area contributed by atoms with Gasteiger partial charge in [0.15, 0.2) is 0 Å². The molecule has 2 heterocycles. The number of para-hydroxylation sites is 1. The topological polar surface area (TPSA) is 109 Å². The average Bonchev–Trinajstić information content (AvgIpc) is 3.31. The lowest BCUT2D eigenvalue weighted by Crippen LogP contribution is -2.43. The van der Waals surface area contributed by atoms with Crippen LogP contribution in [0.4, 0.5) is 5.69 Å². The number of nitrogens with zero attached hydrogens (tertiary/aromatic N) is 1. The zero-order valence-corrected chi connectivity index (χ0v) is 18.9. The normalized spacial score (nSPS) is 16.6. The Bertz CT molecular complexity index is 1300. The van der Waals surface area contributed by atoms with Crippen molar-refractivity contribution in [3.8, 4) is 0 Å². The van der Waals surface area contributed by atoms with Gasteiger partial charge in [-0.1, -0.05) is 18.2 Å². The number of anilines is 1. The summed E-state index contributed by atoms with van der Waals surface area (Å²) in [5, 5.41) is 3.75. The number of aromatic nitrogens is 1.